The van der Waals surface area contributed by atoms with Gasteiger partial charge in [-0.2, -0.15) is 0 Å². The van der Waals surface area contributed by atoms with Crippen LogP contribution in [0, 0.1) is 0 Å². The molecule has 0 amide bonds. The minimum atomic E-state index is -0.516. The van der Waals surface area contributed by atoms with Crippen molar-refractivity contribution in [3.05, 3.63) is 84.8 Å². The molecule has 1 aliphatic rings. The molecule has 1 fully saturated rings. The Morgan fingerprint density at radius 2 is 1.59 bits per heavy atom. The number of hydrogen-bond donors (Lipinski definition) is 2. The lowest BCUT2D eigenvalue weighted by atomic mass is 9.56. The number of benzene rings is 2. The van der Waals surface area contributed by atoms with Crippen LogP contribution >= 0.6 is 0 Å². The van der Waals surface area contributed by atoms with Gasteiger partial charge in [-0.05, 0) is 35.9 Å². The van der Waals surface area contributed by atoms with Crippen molar-refractivity contribution in [3.8, 4) is 0 Å². The van der Waals surface area contributed by atoms with Crippen LogP contribution in [0.15, 0.2) is 83.5 Å². The molecule has 0 spiro atoms. The van der Waals surface area contributed by atoms with E-state index in [-0.39, 0.29) is 0 Å². The van der Waals surface area contributed by atoms with Crippen LogP contribution in [-0.2, 0) is 11.3 Å². The molecule has 1 unspecified atom stereocenters. The third-order valence-electron chi connectivity index (χ3n) is 4.51. The summed E-state index contributed by atoms with van der Waals surface area (Å²) in [5, 5.41) is 13.3. The van der Waals surface area contributed by atoms with E-state index in [1.165, 1.54) is 12.8 Å². The van der Waals surface area contributed by atoms with Crippen molar-refractivity contribution in [2.24, 2.45) is 0 Å². The molecule has 1 atom stereocenters. The van der Waals surface area contributed by atoms with Crippen LogP contribution in [0.5, 0.6) is 0 Å². The maximum Gasteiger partial charge on any atom is 0.358 e. The summed E-state index contributed by atoms with van der Waals surface area (Å²) in [6.07, 6.45) is 4.50. The third-order valence-corrected chi connectivity index (χ3v) is 4.51. The van der Waals surface area contributed by atoms with E-state index < -0.39 is 6.92 Å². The Bertz CT molecular complexity index is 704. The molecule has 1 saturated heterocycles. The Hall–Kier alpha value is -2.34. The topological polar surface area (TPSA) is 54.6 Å². The molecule has 3 aromatic rings. The van der Waals surface area contributed by atoms with Gasteiger partial charge in [0.1, 0.15) is 5.76 Å². The number of ether oxygens (including phenoxy) is 1. The van der Waals surface area contributed by atoms with Crippen LogP contribution in [0.3, 0.4) is 0 Å². The van der Waals surface area contributed by atoms with Crippen molar-refractivity contribution in [1.29, 1.82) is 0 Å². The zero-order valence-electron chi connectivity index (χ0n) is 15.5. The van der Waals surface area contributed by atoms with Crippen molar-refractivity contribution in [2.75, 3.05) is 13.2 Å². The highest BCUT2D eigenvalue weighted by atomic mass is 16.5. The van der Waals surface area contributed by atoms with Crippen LogP contribution in [0.1, 0.15) is 18.6 Å². The standard InChI is InChI=1S/C12H11BO.C10H15NO2/c14-13(11-7-3-1-4-8-11)12-9-5-2-6-10-12;1-3-9(12-5-1)7-11-8-10-4-2-6-13-10/h1-10,14H;1,3,5,10-11H,2,4,6-8H2. The lowest BCUT2D eigenvalue weighted by molar-refractivity contribution is 0.109. The van der Waals surface area contributed by atoms with Crippen molar-refractivity contribution in [2.45, 2.75) is 25.5 Å². The number of rotatable bonds is 6. The lowest BCUT2D eigenvalue weighted by Gasteiger charge is -2.09. The van der Waals surface area contributed by atoms with Gasteiger partial charge >= 0.3 is 6.92 Å². The van der Waals surface area contributed by atoms with E-state index in [1.54, 1.807) is 6.26 Å². The van der Waals surface area contributed by atoms with Gasteiger partial charge in [-0.1, -0.05) is 60.7 Å². The van der Waals surface area contributed by atoms with E-state index >= 15 is 0 Å². The molecule has 4 rings (SSSR count). The Morgan fingerprint density at radius 3 is 2.11 bits per heavy atom. The maximum absolute atomic E-state index is 9.99. The first-order chi connectivity index (χ1) is 13.3. The molecule has 2 aromatic carbocycles. The van der Waals surface area contributed by atoms with Crippen molar-refractivity contribution in [3.63, 3.8) is 0 Å². The minimum absolute atomic E-state index is 0.412. The molecule has 1 aromatic heterocycles. The van der Waals surface area contributed by atoms with Crippen LogP contribution in [0.25, 0.3) is 0 Å². The summed E-state index contributed by atoms with van der Waals surface area (Å²) in [5.41, 5.74) is 1.86. The van der Waals surface area contributed by atoms with Crippen molar-refractivity contribution >= 4 is 17.8 Å². The van der Waals surface area contributed by atoms with Crippen LogP contribution < -0.4 is 16.2 Å². The van der Waals surface area contributed by atoms with E-state index in [9.17, 15) is 5.02 Å². The highest BCUT2D eigenvalue weighted by Gasteiger charge is 2.15. The van der Waals surface area contributed by atoms with Gasteiger partial charge in [-0.25, -0.2) is 0 Å². The monoisotopic (exact) mass is 363 g/mol. The molecule has 27 heavy (non-hydrogen) atoms. The minimum Gasteiger partial charge on any atom is -0.468 e. The normalized spacial score (nSPS) is 15.8. The second-order valence-electron chi connectivity index (χ2n) is 6.57. The van der Waals surface area contributed by atoms with Crippen LogP contribution in [0.4, 0.5) is 0 Å². The molecule has 0 bridgehead atoms. The van der Waals surface area contributed by atoms with Crippen molar-refractivity contribution in [1.82, 2.24) is 5.32 Å². The first-order valence-electron chi connectivity index (χ1n) is 9.45. The molecule has 0 aliphatic carbocycles. The predicted molar refractivity (Wildman–Crippen MR) is 110 cm³/mol. The number of furan rings is 1. The second kappa shape index (κ2) is 10.7. The predicted octanol–water partition coefficient (Wildman–Crippen LogP) is 2.33. The van der Waals surface area contributed by atoms with Gasteiger partial charge in [0.25, 0.3) is 0 Å². The van der Waals surface area contributed by atoms with Gasteiger partial charge in [-0.15, -0.1) is 0 Å². The first kappa shape index (κ1) is 19.4. The second-order valence-corrected chi connectivity index (χ2v) is 6.57. The quantitative estimate of drug-likeness (QED) is 0.660. The molecule has 2 heterocycles. The molecule has 1 aliphatic heterocycles. The maximum atomic E-state index is 9.99. The van der Waals surface area contributed by atoms with Gasteiger partial charge in [-0.3, -0.25) is 0 Å². The Kier molecular flexibility index (Phi) is 7.72. The lowest BCUT2D eigenvalue weighted by Crippen LogP contribution is -2.41. The summed E-state index contributed by atoms with van der Waals surface area (Å²) in [5.74, 6) is 0.984. The SMILES string of the molecule is OB(c1ccccc1)c1ccccc1.c1coc(CNCC2CCCO2)c1. The van der Waals surface area contributed by atoms with Crippen molar-refractivity contribution < 1.29 is 14.2 Å². The average Bonchev–Trinajstić information content (AvgIpc) is 3.44. The summed E-state index contributed by atoms with van der Waals surface area (Å²) >= 11 is 0. The zero-order valence-corrected chi connectivity index (χ0v) is 15.5. The van der Waals surface area contributed by atoms with Gasteiger partial charge in [0.2, 0.25) is 0 Å². The number of nitrogens with one attached hydrogen (secondary N) is 1. The average molecular weight is 363 g/mol. The Labute approximate surface area is 161 Å². The molecule has 140 valence electrons. The molecule has 0 saturated carbocycles. The summed E-state index contributed by atoms with van der Waals surface area (Å²) in [6, 6.07) is 23.2. The van der Waals surface area contributed by atoms with Gasteiger partial charge < -0.3 is 19.5 Å². The largest absolute Gasteiger partial charge is 0.468 e. The molecular formula is C22H26BNO3. The van der Waals surface area contributed by atoms with E-state index in [2.05, 4.69) is 5.32 Å². The van der Waals surface area contributed by atoms with Gasteiger partial charge in [0, 0.05) is 13.2 Å². The van der Waals surface area contributed by atoms with E-state index in [1.807, 2.05) is 72.8 Å². The fraction of sp³-hybridized carbons (Fsp3) is 0.273. The summed E-state index contributed by atoms with van der Waals surface area (Å²) in [6.45, 7) is 2.14. The highest BCUT2D eigenvalue weighted by molar-refractivity contribution is 6.78. The molecule has 0 radical (unpaired) electrons. The zero-order chi connectivity index (χ0) is 18.7. The molecule has 2 N–H and O–H groups in total. The van der Waals surface area contributed by atoms with Crippen LogP contribution in [-0.4, -0.2) is 31.2 Å². The van der Waals surface area contributed by atoms with E-state index in [4.69, 9.17) is 9.15 Å². The molecule has 5 heteroatoms. The van der Waals surface area contributed by atoms with Gasteiger partial charge in [0.15, 0.2) is 0 Å². The first-order valence-corrected chi connectivity index (χ1v) is 9.45. The summed E-state index contributed by atoms with van der Waals surface area (Å²) in [4.78, 5) is 0. The smallest absolute Gasteiger partial charge is 0.358 e. The Balaban J connectivity index is 0.000000156. The summed E-state index contributed by atoms with van der Waals surface area (Å²) < 4.78 is 10.7. The highest BCUT2D eigenvalue weighted by Crippen LogP contribution is 2.10. The van der Waals surface area contributed by atoms with E-state index in [0.29, 0.717) is 6.10 Å². The molecule has 4 nitrogen and oxygen atoms in total. The number of hydrogen-bond acceptors (Lipinski definition) is 4. The third kappa shape index (κ3) is 6.40. The fourth-order valence-electron chi connectivity index (χ4n) is 3.04. The van der Waals surface area contributed by atoms with E-state index in [0.717, 1.165) is 36.4 Å². The van der Waals surface area contributed by atoms with Crippen LogP contribution in [0.2, 0.25) is 0 Å². The summed E-state index contributed by atoms with van der Waals surface area (Å²) in [7, 11) is 0. The molecular weight excluding hydrogens is 337 g/mol. The fourth-order valence-corrected chi connectivity index (χ4v) is 3.04. The van der Waals surface area contributed by atoms with Gasteiger partial charge in [0.05, 0.1) is 18.9 Å². The Morgan fingerprint density at radius 1 is 0.926 bits per heavy atom.